The first-order valence-corrected chi connectivity index (χ1v) is 9.98. The van der Waals surface area contributed by atoms with Gasteiger partial charge in [0.05, 0.1) is 18.4 Å². The van der Waals surface area contributed by atoms with E-state index < -0.39 is 0 Å². The monoisotopic (exact) mass is 374 g/mol. The number of aromatic nitrogens is 3. The van der Waals surface area contributed by atoms with Gasteiger partial charge in [-0.2, -0.15) is 0 Å². The van der Waals surface area contributed by atoms with Crippen molar-refractivity contribution in [3.63, 3.8) is 0 Å². The van der Waals surface area contributed by atoms with Gasteiger partial charge in [-0.3, -0.25) is 4.79 Å². The summed E-state index contributed by atoms with van der Waals surface area (Å²) in [5, 5.41) is 9.31. The van der Waals surface area contributed by atoms with Gasteiger partial charge in [0, 0.05) is 19.1 Å². The maximum atomic E-state index is 12.7. The van der Waals surface area contributed by atoms with Gasteiger partial charge in [-0.25, -0.2) is 0 Å². The van der Waals surface area contributed by atoms with E-state index in [1.165, 1.54) is 18.2 Å². The van der Waals surface area contributed by atoms with Crippen LogP contribution in [0.1, 0.15) is 33.1 Å². The van der Waals surface area contributed by atoms with E-state index in [0.717, 1.165) is 35.1 Å². The molecule has 26 heavy (non-hydrogen) atoms. The van der Waals surface area contributed by atoms with Gasteiger partial charge in [-0.15, -0.1) is 10.2 Å². The number of para-hydroxylation sites is 1. The lowest BCUT2D eigenvalue weighted by molar-refractivity contribution is -0.134. The van der Waals surface area contributed by atoms with Crippen molar-refractivity contribution in [1.82, 2.24) is 19.7 Å². The highest BCUT2D eigenvalue weighted by atomic mass is 32.2. The minimum atomic E-state index is 0.177. The van der Waals surface area contributed by atoms with E-state index in [9.17, 15) is 4.79 Å². The Balaban J connectivity index is 1.72. The minimum Gasteiger partial charge on any atom is -0.496 e. The minimum absolute atomic E-state index is 0.177. The van der Waals surface area contributed by atoms with Crippen LogP contribution in [0, 0.1) is 0 Å². The number of amides is 1. The van der Waals surface area contributed by atoms with Crippen molar-refractivity contribution in [3.8, 4) is 17.1 Å². The summed E-state index contributed by atoms with van der Waals surface area (Å²) in [6, 6.07) is 8.36. The lowest BCUT2D eigenvalue weighted by Crippen LogP contribution is -2.48. The molecular formula is C19H26N4O2S. The first kappa shape index (κ1) is 18.8. The average Bonchev–Trinajstić information content (AvgIpc) is 3.00. The fraction of sp³-hybridized carbons (Fsp3) is 0.526. The smallest absolute Gasteiger partial charge is 0.233 e. The molecule has 1 aromatic carbocycles. The van der Waals surface area contributed by atoms with E-state index in [4.69, 9.17) is 4.74 Å². The van der Waals surface area contributed by atoms with Crippen molar-refractivity contribution in [2.75, 3.05) is 12.9 Å². The van der Waals surface area contributed by atoms with E-state index in [0.29, 0.717) is 17.8 Å². The summed E-state index contributed by atoms with van der Waals surface area (Å²) in [7, 11) is 3.56. The molecule has 1 amide bonds. The van der Waals surface area contributed by atoms with Crippen molar-refractivity contribution < 1.29 is 9.53 Å². The number of nitrogens with zero attached hydrogens (tertiary/aromatic N) is 4. The lowest BCUT2D eigenvalue weighted by atomic mass is 9.98. The van der Waals surface area contributed by atoms with Gasteiger partial charge in [0.15, 0.2) is 11.0 Å². The normalized spacial score (nSPS) is 20.2. The molecule has 0 bridgehead atoms. The van der Waals surface area contributed by atoms with E-state index in [1.807, 2.05) is 40.8 Å². The lowest BCUT2D eigenvalue weighted by Gasteiger charge is -2.39. The molecule has 3 rings (SSSR count). The Morgan fingerprint density at radius 1 is 1.23 bits per heavy atom. The number of rotatable bonds is 5. The highest BCUT2D eigenvalue weighted by molar-refractivity contribution is 7.99. The quantitative estimate of drug-likeness (QED) is 0.751. The summed E-state index contributed by atoms with van der Waals surface area (Å²) in [6.07, 6.45) is 3.37. The van der Waals surface area contributed by atoms with E-state index in [1.54, 1.807) is 7.11 Å². The molecule has 0 radical (unpaired) electrons. The average molecular weight is 375 g/mol. The van der Waals surface area contributed by atoms with Crippen LogP contribution in [-0.4, -0.2) is 50.5 Å². The van der Waals surface area contributed by atoms with E-state index in [-0.39, 0.29) is 5.91 Å². The first-order valence-electron chi connectivity index (χ1n) is 8.99. The maximum Gasteiger partial charge on any atom is 0.233 e. The Kier molecular flexibility index (Phi) is 5.86. The van der Waals surface area contributed by atoms with Crippen LogP contribution < -0.4 is 4.74 Å². The van der Waals surface area contributed by atoms with Crippen molar-refractivity contribution >= 4 is 17.7 Å². The third-order valence-electron chi connectivity index (χ3n) is 4.99. The molecular weight excluding hydrogens is 348 g/mol. The zero-order chi connectivity index (χ0) is 18.7. The third-order valence-corrected chi connectivity index (χ3v) is 5.99. The number of likely N-dealkylation sites (tertiary alicyclic amines) is 1. The van der Waals surface area contributed by atoms with Crippen LogP contribution in [0.25, 0.3) is 11.4 Å². The number of carbonyl (C=O) groups excluding carboxylic acids is 1. The number of hydrogen-bond acceptors (Lipinski definition) is 5. The Labute approximate surface area is 158 Å². The number of ether oxygens (including phenoxy) is 1. The summed E-state index contributed by atoms with van der Waals surface area (Å²) in [5.41, 5.74) is 0.890. The Morgan fingerprint density at radius 2 is 1.92 bits per heavy atom. The van der Waals surface area contributed by atoms with Gasteiger partial charge < -0.3 is 14.2 Å². The Morgan fingerprint density at radius 3 is 2.62 bits per heavy atom. The van der Waals surface area contributed by atoms with Gasteiger partial charge >= 0.3 is 0 Å². The predicted octanol–water partition coefficient (Wildman–Crippen LogP) is 3.37. The van der Waals surface area contributed by atoms with Crippen LogP contribution in [-0.2, 0) is 11.8 Å². The molecule has 1 saturated heterocycles. The number of hydrogen-bond donors (Lipinski definition) is 0. The molecule has 2 heterocycles. The van der Waals surface area contributed by atoms with Gasteiger partial charge in [0.1, 0.15) is 5.75 Å². The predicted molar refractivity (Wildman–Crippen MR) is 103 cm³/mol. The largest absolute Gasteiger partial charge is 0.496 e. The third kappa shape index (κ3) is 3.72. The molecule has 2 atom stereocenters. The SMILES string of the molecule is COc1ccccc1-c1nnc(SCC(=O)N2C(C)CCCC2C)n1C. The fourth-order valence-corrected chi connectivity index (χ4v) is 4.40. The summed E-state index contributed by atoms with van der Waals surface area (Å²) in [5.74, 6) is 2.05. The molecule has 2 aromatic rings. The van der Waals surface area contributed by atoms with E-state index >= 15 is 0 Å². The Hall–Kier alpha value is -2.02. The van der Waals surface area contributed by atoms with Crippen molar-refractivity contribution in [2.45, 2.75) is 50.4 Å². The molecule has 1 fully saturated rings. The van der Waals surface area contributed by atoms with Crippen LogP contribution in [0.5, 0.6) is 5.75 Å². The van der Waals surface area contributed by atoms with Crippen LogP contribution in [0.2, 0.25) is 0 Å². The van der Waals surface area contributed by atoms with Crippen LogP contribution in [0.3, 0.4) is 0 Å². The van der Waals surface area contributed by atoms with Gasteiger partial charge in [0.25, 0.3) is 0 Å². The molecule has 1 aliphatic rings. The molecule has 0 spiro atoms. The molecule has 140 valence electrons. The maximum absolute atomic E-state index is 12.7. The molecule has 0 aliphatic carbocycles. The highest BCUT2D eigenvalue weighted by Gasteiger charge is 2.29. The number of benzene rings is 1. The standard InChI is InChI=1S/C19H26N4O2S/c1-13-8-7-9-14(2)23(13)17(24)12-26-19-21-20-18(22(19)3)15-10-5-6-11-16(15)25-4/h5-6,10-11,13-14H,7-9,12H2,1-4H3. The molecule has 1 aliphatic heterocycles. The Bertz CT molecular complexity index is 767. The van der Waals surface area contributed by atoms with Crippen molar-refractivity contribution in [3.05, 3.63) is 24.3 Å². The molecule has 0 saturated carbocycles. The second kappa shape index (κ2) is 8.12. The van der Waals surface area contributed by atoms with Gasteiger partial charge in [-0.1, -0.05) is 23.9 Å². The van der Waals surface area contributed by atoms with E-state index in [2.05, 4.69) is 24.0 Å². The highest BCUT2D eigenvalue weighted by Crippen LogP contribution is 2.30. The van der Waals surface area contributed by atoms with Gasteiger partial charge in [0.2, 0.25) is 5.91 Å². The zero-order valence-electron chi connectivity index (χ0n) is 15.8. The summed E-state index contributed by atoms with van der Waals surface area (Å²) in [6.45, 7) is 4.28. The molecule has 2 unspecified atom stereocenters. The summed E-state index contributed by atoms with van der Waals surface area (Å²) in [4.78, 5) is 14.7. The topological polar surface area (TPSA) is 60.3 Å². The van der Waals surface area contributed by atoms with Gasteiger partial charge in [-0.05, 0) is 45.2 Å². The van der Waals surface area contributed by atoms with Crippen molar-refractivity contribution in [1.29, 1.82) is 0 Å². The second-order valence-electron chi connectivity index (χ2n) is 6.78. The molecule has 6 nitrogen and oxygen atoms in total. The molecule has 7 heteroatoms. The second-order valence-corrected chi connectivity index (χ2v) is 7.73. The summed E-state index contributed by atoms with van der Waals surface area (Å²) < 4.78 is 7.33. The first-order chi connectivity index (χ1) is 12.5. The number of methoxy groups -OCH3 is 1. The van der Waals surface area contributed by atoms with Crippen molar-refractivity contribution in [2.24, 2.45) is 7.05 Å². The fourth-order valence-electron chi connectivity index (χ4n) is 3.62. The number of thioether (sulfide) groups is 1. The van der Waals surface area contributed by atoms with Crippen LogP contribution in [0.4, 0.5) is 0 Å². The van der Waals surface area contributed by atoms with Crippen LogP contribution >= 0.6 is 11.8 Å². The number of piperidine rings is 1. The zero-order valence-corrected chi connectivity index (χ0v) is 16.6. The molecule has 0 N–H and O–H groups in total. The molecule has 1 aromatic heterocycles. The number of carbonyl (C=O) groups is 1. The van der Waals surface area contributed by atoms with Crippen LogP contribution in [0.15, 0.2) is 29.4 Å². The summed E-state index contributed by atoms with van der Waals surface area (Å²) >= 11 is 1.44.